The van der Waals surface area contributed by atoms with Crippen LogP contribution < -0.4 is 15.5 Å². The molecule has 0 bridgehead atoms. The molecule has 5 nitrogen and oxygen atoms in total. The number of hydrogen-bond acceptors (Lipinski definition) is 5. The van der Waals surface area contributed by atoms with Crippen LogP contribution in [0.25, 0.3) is 0 Å². The van der Waals surface area contributed by atoms with Crippen LogP contribution in [0.5, 0.6) is 0 Å². The van der Waals surface area contributed by atoms with E-state index >= 15 is 0 Å². The van der Waals surface area contributed by atoms with Crippen molar-refractivity contribution in [1.82, 2.24) is 9.97 Å². The molecule has 2 N–H and O–H groups in total. The van der Waals surface area contributed by atoms with Gasteiger partial charge in [0.05, 0.1) is 18.4 Å². The SMILES string of the molecule is Nc1ccc2c(c1)CC1CN(c3ncc(F)cn3)CCCN21. The molecule has 6 heteroatoms. The Hall–Kier alpha value is -2.37. The molecule has 2 aliphatic rings. The van der Waals surface area contributed by atoms with E-state index in [-0.39, 0.29) is 0 Å². The van der Waals surface area contributed by atoms with Gasteiger partial charge in [0.1, 0.15) is 0 Å². The van der Waals surface area contributed by atoms with E-state index < -0.39 is 5.82 Å². The zero-order chi connectivity index (χ0) is 15.1. The van der Waals surface area contributed by atoms with E-state index in [0.29, 0.717) is 12.0 Å². The highest BCUT2D eigenvalue weighted by atomic mass is 19.1. The molecule has 4 rings (SSSR count). The average Bonchev–Trinajstić information content (AvgIpc) is 2.70. The molecule has 22 heavy (non-hydrogen) atoms. The zero-order valence-electron chi connectivity index (χ0n) is 12.2. The van der Waals surface area contributed by atoms with Gasteiger partial charge in [0.25, 0.3) is 0 Å². The van der Waals surface area contributed by atoms with E-state index in [4.69, 9.17) is 5.73 Å². The van der Waals surface area contributed by atoms with Gasteiger partial charge >= 0.3 is 0 Å². The Morgan fingerprint density at radius 1 is 1.18 bits per heavy atom. The van der Waals surface area contributed by atoms with Gasteiger partial charge in [-0.1, -0.05) is 0 Å². The highest BCUT2D eigenvalue weighted by Crippen LogP contribution is 2.35. The average molecular weight is 299 g/mol. The van der Waals surface area contributed by atoms with Crippen molar-refractivity contribution in [3.63, 3.8) is 0 Å². The van der Waals surface area contributed by atoms with Crippen LogP contribution in [-0.4, -0.2) is 35.6 Å². The van der Waals surface area contributed by atoms with Gasteiger partial charge in [-0.15, -0.1) is 0 Å². The largest absolute Gasteiger partial charge is 0.399 e. The molecule has 1 unspecified atom stereocenters. The first-order valence-corrected chi connectivity index (χ1v) is 7.58. The molecular weight excluding hydrogens is 281 g/mol. The van der Waals surface area contributed by atoms with Gasteiger partial charge in [-0.2, -0.15) is 0 Å². The van der Waals surface area contributed by atoms with Crippen LogP contribution in [0.2, 0.25) is 0 Å². The maximum Gasteiger partial charge on any atom is 0.225 e. The van der Waals surface area contributed by atoms with Crippen molar-refractivity contribution in [2.24, 2.45) is 0 Å². The van der Waals surface area contributed by atoms with E-state index in [9.17, 15) is 4.39 Å². The number of aromatic nitrogens is 2. The van der Waals surface area contributed by atoms with Crippen LogP contribution in [0.1, 0.15) is 12.0 Å². The second-order valence-electron chi connectivity index (χ2n) is 5.94. The Bertz CT molecular complexity index is 687. The van der Waals surface area contributed by atoms with Gasteiger partial charge in [0.15, 0.2) is 5.82 Å². The summed E-state index contributed by atoms with van der Waals surface area (Å²) < 4.78 is 13.0. The maximum atomic E-state index is 13.0. The summed E-state index contributed by atoms with van der Waals surface area (Å²) in [5.74, 6) is 0.211. The normalized spacial score (nSPS) is 20.5. The fourth-order valence-electron chi connectivity index (χ4n) is 3.50. The minimum absolute atomic E-state index is 0.396. The van der Waals surface area contributed by atoms with Gasteiger partial charge < -0.3 is 15.5 Å². The van der Waals surface area contributed by atoms with Crippen molar-refractivity contribution in [3.8, 4) is 0 Å². The van der Waals surface area contributed by atoms with Gasteiger partial charge in [-0.25, -0.2) is 14.4 Å². The number of nitrogens with two attached hydrogens (primary N) is 1. The van der Waals surface area contributed by atoms with Gasteiger partial charge in [0.2, 0.25) is 5.95 Å². The van der Waals surface area contributed by atoms with E-state index in [1.165, 1.54) is 23.6 Å². The smallest absolute Gasteiger partial charge is 0.225 e. The Kier molecular flexibility index (Phi) is 3.10. The summed E-state index contributed by atoms with van der Waals surface area (Å²) in [5, 5.41) is 0. The molecular formula is C16H18FN5. The molecule has 1 saturated heterocycles. The Labute approximate surface area is 128 Å². The summed E-state index contributed by atoms with van der Waals surface area (Å²) in [6, 6.07) is 6.55. The molecule has 3 heterocycles. The maximum absolute atomic E-state index is 13.0. The third kappa shape index (κ3) is 2.24. The van der Waals surface area contributed by atoms with Crippen molar-refractivity contribution in [3.05, 3.63) is 42.0 Å². The number of nitrogen functional groups attached to an aromatic ring is 1. The highest BCUT2D eigenvalue weighted by molar-refractivity contribution is 5.64. The van der Waals surface area contributed by atoms with Crippen LogP contribution in [0.4, 0.5) is 21.7 Å². The van der Waals surface area contributed by atoms with Crippen LogP contribution in [-0.2, 0) is 6.42 Å². The molecule has 0 saturated carbocycles. The summed E-state index contributed by atoms with van der Waals surface area (Å²) in [6.07, 6.45) is 4.48. The Morgan fingerprint density at radius 2 is 2.00 bits per heavy atom. The van der Waals surface area contributed by atoms with E-state index in [1.807, 2.05) is 6.07 Å². The van der Waals surface area contributed by atoms with E-state index in [0.717, 1.165) is 38.2 Å². The molecule has 0 amide bonds. The first-order chi connectivity index (χ1) is 10.7. The van der Waals surface area contributed by atoms with E-state index in [1.54, 1.807) is 0 Å². The number of fused-ring (bicyclic) bond motifs is 3. The van der Waals surface area contributed by atoms with Crippen LogP contribution in [0.3, 0.4) is 0 Å². The summed E-state index contributed by atoms with van der Waals surface area (Å²) in [6.45, 7) is 2.75. The highest BCUT2D eigenvalue weighted by Gasteiger charge is 2.33. The standard InChI is InChI=1S/C16H18FN5/c17-12-8-19-16(20-9-12)21-4-1-5-22-14(10-21)7-11-6-13(18)2-3-15(11)22/h2-3,6,8-9,14H,1,4-5,7,10,18H2. The molecule has 2 aliphatic heterocycles. The number of halogens is 1. The molecule has 1 aromatic carbocycles. The first-order valence-electron chi connectivity index (χ1n) is 7.58. The van der Waals surface area contributed by atoms with Crippen LogP contribution >= 0.6 is 0 Å². The molecule has 1 fully saturated rings. The second-order valence-corrected chi connectivity index (χ2v) is 5.94. The molecule has 1 atom stereocenters. The molecule has 114 valence electrons. The van der Waals surface area contributed by atoms with Crippen molar-refractivity contribution in [2.45, 2.75) is 18.9 Å². The molecule has 2 aromatic rings. The lowest BCUT2D eigenvalue weighted by Gasteiger charge is -2.27. The zero-order valence-corrected chi connectivity index (χ0v) is 12.2. The lowest BCUT2D eigenvalue weighted by atomic mass is 10.1. The van der Waals surface area contributed by atoms with Crippen molar-refractivity contribution in [2.75, 3.05) is 35.2 Å². The summed E-state index contributed by atoms with van der Waals surface area (Å²) >= 11 is 0. The number of rotatable bonds is 1. The summed E-state index contributed by atoms with van der Waals surface area (Å²) in [5.41, 5.74) is 9.32. The quantitative estimate of drug-likeness (QED) is 0.814. The number of anilines is 3. The fourth-order valence-corrected chi connectivity index (χ4v) is 3.50. The number of benzene rings is 1. The first kappa shape index (κ1) is 13.3. The minimum atomic E-state index is -0.399. The Balaban J connectivity index is 1.59. The number of hydrogen-bond donors (Lipinski definition) is 1. The van der Waals surface area contributed by atoms with Crippen molar-refractivity contribution >= 4 is 17.3 Å². The summed E-state index contributed by atoms with van der Waals surface area (Å²) in [7, 11) is 0. The predicted molar refractivity (Wildman–Crippen MR) is 84.5 cm³/mol. The van der Waals surface area contributed by atoms with Crippen LogP contribution in [0, 0.1) is 5.82 Å². The Morgan fingerprint density at radius 3 is 2.82 bits per heavy atom. The predicted octanol–water partition coefficient (Wildman–Crippen LogP) is 1.84. The minimum Gasteiger partial charge on any atom is -0.399 e. The second kappa shape index (κ2) is 5.12. The summed E-state index contributed by atoms with van der Waals surface area (Å²) in [4.78, 5) is 12.9. The lowest BCUT2D eigenvalue weighted by molar-refractivity contribution is 0.607. The van der Waals surface area contributed by atoms with E-state index in [2.05, 4.69) is 31.9 Å². The van der Waals surface area contributed by atoms with Crippen molar-refractivity contribution in [1.29, 1.82) is 0 Å². The molecule has 0 radical (unpaired) electrons. The fraction of sp³-hybridized carbons (Fsp3) is 0.375. The topological polar surface area (TPSA) is 58.3 Å². The monoisotopic (exact) mass is 299 g/mol. The molecule has 0 aliphatic carbocycles. The molecule has 1 aromatic heterocycles. The van der Waals surface area contributed by atoms with Gasteiger partial charge in [-0.05, 0) is 36.6 Å². The van der Waals surface area contributed by atoms with Gasteiger partial charge in [-0.3, -0.25) is 0 Å². The van der Waals surface area contributed by atoms with Crippen molar-refractivity contribution < 1.29 is 4.39 Å². The number of nitrogens with zero attached hydrogens (tertiary/aromatic N) is 4. The molecule has 0 spiro atoms. The third-order valence-corrected chi connectivity index (χ3v) is 4.46. The van der Waals surface area contributed by atoms with Crippen LogP contribution in [0.15, 0.2) is 30.6 Å². The third-order valence-electron chi connectivity index (χ3n) is 4.46. The van der Waals surface area contributed by atoms with Gasteiger partial charge in [0, 0.05) is 31.0 Å². The lowest BCUT2D eigenvalue weighted by Crippen LogP contribution is -2.39.